The van der Waals surface area contributed by atoms with E-state index in [1.54, 1.807) is 13.0 Å². The van der Waals surface area contributed by atoms with Crippen LogP contribution in [0.1, 0.15) is 26.3 Å². The van der Waals surface area contributed by atoms with Crippen molar-refractivity contribution in [1.29, 1.82) is 0 Å². The Bertz CT molecular complexity index is 851. The zero-order valence-corrected chi connectivity index (χ0v) is 14.1. The number of carbonyl (C=O) groups excluding carboxylic acids is 3. The van der Waals surface area contributed by atoms with Crippen molar-refractivity contribution in [2.45, 2.75) is 13.5 Å². The Labute approximate surface area is 152 Å². The van der Waals surface area contributed by atoms with Gasteiger partial charge in [-0.25, -0.2) is 4.79 Å². The number of amides is 2. The number of alkyl halides is 2. The van der Waals surface area contributed by atoms with Crippen molar-refractivity contribution in [3.8, 4) is 11.5 Å². The Morgan fingerprint density at radius 3 is 2.37 bits per heavy atom. The van der Waals surface area contributed by atoms with Crippen molar-refractivity contribution in [2.24, 2.45) is 0 Å². The third kappa shape index (κ3) is 5.77. The average Bonchev–Trinajstić information content (AvgIpc) is 2.59. The maximum atomic E-state index is 12.1. The van der Waals surface area contributed by atoms with E-state index in [2.05, 4.69) is 4.74 Å². The highest BCUT2D eigenvalue weighted by atomic mass is 19.3. The third-order valence-corrected chi connectivity index (χ3v) is 3.30. The molecule has 0 saturated carbocycles. The minimum atomic E-state index is -2.99. The average molecular weight is 379 g/mol. The van der Waals surface area contributed by atoms with E-state index in [9.17, 15) is 28.3 Å². The first-order chi connectivity index (χ1) is 12.8. The third-order valence-electron chi connectivity index (χ3n) is 3.30. The highest BCUT2D eigenvalue weighted by molar-refractivity contribution is 6.05. The van der Waals surface area contributed by atoms with Gasteiger partial charge in [-0.1, -0.05) is 6.07 Å². The summed E-state index contributed by atoms with van der Waals surface area (Å²) in [6, 6.07) is 8.97. The number of halogens is 2. The van der Waals surface area contributed by atoms with E-state index in [0.717, 1.165) is 17.7 Å². The number of esters is 1. The fourth-order valence-corrected chi connectivity index (χ4v) is 2.05. The van der Waals surface area contributed by atoms with E-state index < -0.39 is 31.0 Å². The number of aryl methyl sites for hydroxylation is 1. The molecule has 0 aromatic heterocycles. The number of ether oxygens (including phenoxy) is 2. The Morgan fingerprint density at radius 2 is 1.78 bits per heavy atom. The van der Waals surface area contributed by atoms with Crippen LogP contribution in [-0.4, -0.2) is 36.1 Å². The molecule has 0 atom stereocenters. The lowest BCUT2D eigenvalue weighted by Gasteiger charge is -2.08. The molecular weight excluding hydrogens is 364 g/mol. The summed E-state index contributed by atoms with van der Waals surface area (Å²) in [6.07, 6.45) is 0. The zero-order valence-electron chi connectivity index (χ0n) is 14.1. The predicted octanol–water partition coefficient (Wildman–Crippen LogP) is 2.42. The number of aromatic hydroxyl groups is 1. The van der Waals surface area contributed by atoms with Crippen molar-refractivity contribution in [3.63, 3.8) is 0 Å². The van der Waals surface area contributed by atoms with Crippen LogP contribution in [0.3, 0.4) is 0 Å². The maximum Gasteiger partial charge on any atom is 0.387 e. The van der Waals surface area contributed by atoms with Crippen LogP contribution in [0.15, 0.2) is 42.5 Å². The fourth-order valence-electron chi connectivity index (χ4n) is 2.05. The van der Waals surface area contributed by atoms with Crippen LogP contribution < -0.4 is 10.1 Å². The van der Waals surface area contributed by atoms with Crippen molar-refractivity contribution >= 4 is 17.8 Å². The molecule has 0 saturated heterocycles. The lowest BCUT2D eigenvalue weighted by molar-refractivity contribution is -0.123. The predicted molar refractivity (Wildman–Crippen MR) is 88.7 cm³/mol. The van der Waals surface area contributed by atoms with E-state index in [4.69, 9.17) is 4.74 Å². The maximum absolute atomic E-state index is 12.1. The molecule has 2 aromatic carbocycles. The molecule has 0 aliphatic rings. The molecule has 0 heterocycles. The van der Waals surface area contributed by atoms with Gasteiger partial charge >= 0.3 is 12.6 Å². The van der Waals surface area contributed by atoms with E-state index in [1.807, 2.05) is 5.32 Å². The van der Waals surface area contributed by atoms with Gasteiger partial charge in [0, 0.05) is 5.56 Å². The molecule has 7 nitrogen and oxygen atoms in total. The van der Waals surface area contributed by atoms with Crippen molar-refractivity contribution in [1.82, 2.24) is 5.32 Å². The monoisotopic (exact) mass is 379 g/mol. The number of hydrogen-bond acceptors (Lipinski definition) is 6. The summed E-state index contributed by atoms with van der Waals surface area (Å²) in [7, 11) is 0. The van der Waals surface area contributed by atoms with E-state index in [-0.39, 0.29) is 22.6 Å². The summed E-state index contributed by atoms with van der Waals surface area (Å²) in [5.74, 6) is -3.06. The van der Waals surface area contributed by atoms with Crippen LogP contribution in [0.2, 0.25) is 0 Å². The largest absolute Gasteiger partial charge is 0.507 e. The van der Waals surface area contributed by atoms with Gasteiger partial charge in [0.2, 0.25) is 0 Å². The second-order valence-electron chi connectivity index (χ2n) is 5.38. The Kier molecular flexibility index (Phi) is 6.42. The topological polar surface area (TPSA) is 102 Å². The Morgan fingerprint density at radius 1 is 1.11 bits per heavy atom. The minimum absolute atomic E-state index is 0.0208. The van der Waals surface area contributed by atoms with Crippen LogP contribution in [0.25, 0.3) is 0 Å². The second-order valence-corrected chi connectivity index (χ2v) is 5.38. The van der Waals surface area contributed by atoms with Crippen LogP contribution in [-0.2, 0) is 9.53 Å². The van der Waals surface area contributed by atoms with Crippen LogP contribution >= 0.6 is 0 Å². The first kappa shape index (κ1) is 19.8. The molecule has 0 bridgehead atoms. The molecule has 0 unspecified atom stereocenters. The van der Waals surface area contributed by atoms with Crippen LogP contribution in [0.4, 0.5) is 8.78 Å². The van der Waals surface area contributed by atoms with Gasteiger partial charge < -0.3 is 14.6 Å². The molecule has 0 radical (unpaired) electrons. The number of imide groups is 1. The van der Waals surface area contributed by atoms with Crippen molar-refractivity contribution < 1.29 is 37.7 Å². The van der Waals surface area contributed by atoms with E-state index in [0.29, 0.717) is 0 Å². The van der Waals surface area contributed by atoms with Gasteiger partial charge in [0.1, 0.15) is 17.1 Å². The van der Waals surface area contributed by atoms with Crippen LogP contribution in [0.5, 0.6) is 11.5 Å². The van der Waals surface area contributed by atoms with E-state index >= 15 is 0 Å². The molecule has 27 heavy (non-hydrogen) atoms. The number of phenols is 1. The quantitative estimate of drug-likeness (QED) is 0.748. The SMILES string of the molecule is Cc1ccc(C(=O)OCC(=O)NC(=O)c2ccc(OC(F)F)cc2)c(O)c1. The number of benzene rings is 2. The fraction of sp³-hybridized carbons (Fsp3) is 0.167. The van der Waals surface area contributed by atoms with Gasteiger partial charge in [-0.3, -0.25) is 14.9 Å². The standard InChI is InChI=1S/C18H15F2NO6/c1-10-2-7-13(14(22)8-10)17(25)26-9-15(23)21-16(24)11-3-5-12(6-4-11)27-18(19)20/h2-8,18,22H,9H2,1H3,(H,21,23,24). The smallest absolute Gasteiger partial charge is 0.387 e. The summed E-state index contributed by atoms with van der Waals surface area (Å²) in [5.41, 5.74) is 0.638. The number of nitrogens with one attached hydrogen (secondary N) is 1. The first-order valence-corrected chi connectivity index (χ1v) is 7.62. The summed E-state index contributed by atoms with van der Waals surface area (Å²) in [5, 5.41) is 11.7. The lowest BCUT2D eigenvalue weighted by Crippen LogP contribution is -2.34. The molecule has 0 aliphatic heterocycles. The molecule has 0 aliphatic carbocycles. The lowest BCUT2D eigenvalue weighted by atomic mass is 10.1. The molecule has 2 aromatic rings. The van der Waals surface area contributed by atoms with Crippen molar-refractivity contribution in [3.05, 3.63) is 59.2 Å². The van der Waals surface area contributed by atoms with Crippen molar-refractivity contribution in [2.75, 3.05) is 6.61 Å². The first-order valence-electron chi connectivity index (χ1n) is 7.62. The minimum Gasteiger partial charge on any atom is -0.507 e. The summed E-state index contributed by atoms with van der Waals surface area (Å²) >= 11 is 0. The normalized spacial score (nSPS) is 10.4. The van der Waals surface area contributed by atoms with Gasteiger partial charge in [0.25, 0.3) is 11.8 Å². The van der Waals surface area contributed by atoms with Gasteiger partial charge in [0.05, 0.1) is 0 Å². The Hall–Kier alpha value is -3.49. The van der Waals surface area contributed by atoms with Crippen LogP contribution in [0, 0.1) is 6.92 Å². The molecule has 9 heteroatoms. The highest BCUT2D eigenvalue weighted by Gasteiger charge is 2.16. The molecule has 0 spiro atoms. The molecule has 2 rings (SSSR count). The second kappa shape index (κ2) is 8.75. The summed E-state index contributed by atoms with van der Waals surface area (Å²) in [4.78, 5) is 35.5. The van der Waals surface area contributed by atoms with Gasteiger partial charge in [-0.15, -0.1) is 0 Å². The summed E-state index contributed by atoms with van der Waals surface area (Å²) in [6.45, 7) is -2.02. The number of phenolic OH excluding ortho intramolecular Hbond substituents is 1. The molecule has 0 fully saturated rings. The number of rotatable bonds is 6. The van der Waals surface area contributed by atoms with Gasteiger partial charge in [0.15, 0.2) is 6.61 Å². The zero-order chi connectivity index (χ0) is 20.0. The van der Waals surface area contributed by atoms with E-state index in [1.165, 1.54) is 24.3 Å². The molecule has 2 N–H and O–H groups in total. The molecule has 142 valence electrons. The Balaban J connectivity index is 1.87. The molecule has 2 amide bonds. The number of hydrogen-bond donors (Lipinski definition) is 2. The highest BCUT2D eigenvalue weighted by Crippen LogP contribution is 2.19. The molecular formula is C18H15F2NO6. The van der Waals surface area contributed by atoms with Gasteiger partial charge in [-0.05, 0) is 48.9 Å². The number of carbonyl (C=O) groups is 3. The summed E-state index contributed by atoms with van der Waals surface area (Å²) < 4.78 is 33.0. The van der Waals surface area contributed by atoms with Gasteiger partial charge in [-0.2, -0.15) is 8.78 Å².